The van der Waals surface area contributed by atoms with E-state index >= 15 is 0 Å². The van der Waals surface area contributed by atoms with Gasteiger partial charge in [0.25, 0.3) is 5.91 Å². The Morgan fingerprint density at radius 1 is 1.17 bits per heavy atom. The van der Waals surface area contributed by atoms with E-state index in [9.17, 15) is 18.0 Å². The lowest BCUT2D eigenvalue weighted by Crippen LogP contribution is -2.50. The summed E-state index contributed by atoms with van der Waals surface area (Å²) in [6.07, 6.45) is -4.21. The van der Waals surface area contributed by atoms with Crippen molar-refractivity contribution in [2.75, 3.05) is 57.8 Å². The topological polar surface area (TPSA) is 47.0 Å². The molecule has 0 spiro atoms. The monoisotopic (exact) mass is 345 g/mol. The van der Waals surface area contributed by atoms with Crippen LogP contribution in [0.5, 0.6) is 0 Å². The van der Waals surface area contributed by atoms with Crippen molar-refractivity contribution < 1.29 is 23.1 Å². The molecule has 0 aliphatic carbocycles. The van der Waals surface area contributed by atoms with Gasteiger partial charge in [-0.2, -0.15) is 13.2 Å². The normalized spacial score (nSPS) is 16.3. The van der Waals surface area contributed by atoms with Crippen LogP contribution in [-0.4, -0.2) is 79.9 Å². The Hall–Kier alpha value is -1.80. The minimum Gasteiger partial charge on any atom is -0.395 e. The zero-order valence-electron chi connectivity index (χ0n) is 13.6. The molecule has 1 heterocycles. The van der Waals surface area contributed by atoms with Gasteiger partial charge in [-0.05, 0) is 24.3 Å². The highest BCUT2D eigenvalue weighted by atomic mass is 19.4. The number of anilines is 1. The second kappa shape index (κ2) is 7.85. The fraction of sp³-hybridized carbons (Fsp3) is 0.562. The van der Waals surface area contributed by atoms with Gasteiger partial charge in [0, 0.05) is 51.0 Å². The van der Waals surface area contributed by atoms with E-state index in [-0.39, 0.29) is 25.6 Å². The number of halogens is 3. The van der Waals surface area contributed by atoms with Crippen molar-refractivity contribution in [1.29, 1.82) is 0 Å². The molecule has 0 radical (unpaired) electrons. The molecule has 134 valence electrons. The summed E-state index contributed by atoms with van der Waals surface area (Å²) >= 11 is 0. The highest BCUT2D eigenvalue weighted by molar-refractivity contribution is 5.94. The lowest BCUT2D eigenvalue weighted by molar-refractivity contribution is -0.148. The van der Waals surface area contributed by atoms with E-state index in [0.717, 1.165) is 5.69 Å². The van der Waals surface area contributed by atoms with Gasteiger partial charge in [0.05, 0.1) is 13.2 Å². The van der Waals surface area contributed by atoms with Crippen molar-refractivity contribution in [1.82, 2.24) is 9.80 Å². The number of alkyl halides is 3. The van der Waals surface area contributed by atoms with Crippen LogP contribution >= 0.6 is 0 Å². The molecule has 1 aliphatic heterocycles. The molecular formula is C16H22F3N3O2. The summed E-state index contributed by atoms with van der Waals surface area (Å²) in [6.45, 7) is 0.641. The number of aliphatic hydroxyl groups excluding tert-OH is 1. The van der Waals surface area contributed by atoms with E-state index in [4.69, 9.17) is 5.11 Å². The fourth-order valence-electron chi connectivity index (χ4n) is 2.68. The van der Waals surface area contributed by atoms with Gasteiger partial charge >= 0.3 is 6.18 Å². The van der Waals surface area contributed by atoms with Gasteiger partial charge in [-0.3, -0.25) is 9.69 Å². The van der Waals surface area contributed by atoms with Gasteiger partial charge in [0.15, 0.2) is 0 Å². The molecule has 8 heteroatoms. The quantitative estimate of drug-likeness (QED) is 0.877. The average molecular weight is 345 g/mol. The van der Waals surface area contributed by atoms with E-state index in [1.165, 1.54) is 4.90 Å². The van der Waals surface area contributed by atoms with Crippen LogP contribution in [0.4, 0.5) is 18.9 Å². The SMILES string of the molecule is CN(CCO)c1ccc(C(=O)N2CCN(CC(F)(F)F)CC2)cc1. The second-order valence-corrected chi connectivity index (χ2v) is 5.88. The zero-order valence-corrected chi connectivity index (χ0v) is 13.6. The smallest absolute Gasteiger partial charge is 0.395 e. The predicted molar refractivity (Wildman–Crippen MR) is 85.2 cm³/mol. The summed E-state index contributed by atoms with van der Waals surface area (Å²) in [7, 11) is 1.84. The Balaban J connectivity index is 1.91. The number of aliphatic hydroxyl groups is 1. The largest absolute Gasteiger partial charge is 0.401 e. The molecular weight excluding hydrogens is 323 g/mol. The molecule has 2 rings (SSSR count). The lowest BCUT2D eigenvalue weighted by Gasteiger charge is -2.35. The number of hydrogen-bond donors (Lipinski definition) is 1. The molecule has 1 amide bonds. The number of carbonyl (C=O) groups excluding carboxylic acids is 1. The first-order chi connectivity index (χ1) is 11.3. The number of piperazine rings is 1. The van der Waals surface area contributed by atoms with Gasteiger partial charge < -0.3 is 14.9 Å². The highest BCUT2D eigenvalue weighted by Crippen LogP contribution is 2.19. The third-order valence-corrected chi connectivity index (χ3v) is 4.05. The predicted octanol–water partition coefficient (Wildman–Crippen LogP) is 1.44. The number of likely N-dealkylation sites (N-methyl/N-ethyl adjacent to an activating group) is 1. The van der Waals surface area contributed by atoms with Gasteiger partial charge in [0.2, 0.25) is 0 Å². The van der Waals surface area contributed by atoms with E-state index in [1.807, 2.05) is 11.9 Å². The Morgan fingerprint density at radius 3 is 2.25 bits per heavy atom. The van der Waals surface area contributed by atoms with Gasteiger partial charge in [0.1, 0.15) is 0 Å². The zero-order chi connectivity index (χ0) is 17.7. The van der Waals surface area contributed by atoms with Gasteiger partial charge in [-0.1, -0.05) is 0 Å². The maximum Gasteiger partial charge on any atom is 0.401 e. The molecule has 0 saturated carbocycles. The van der Waals surface area contributed by atoms with Crippen molar-refractivity contribution in [2.45, 2.75) is 6.18 Å². The molecule has 1 fully saturated rings. The van der Waals surface area contributed by atoms with Crippen molar-refractivity contribution in [3.8, 4) is 0 Å². The summed E-state index contributed by atoms with van der Waals surface area (Å²) in [4.78, 5) is 17.2. The van der Waals surface area contributed by atoms with Crippen LogP contribution in [-0.2, 0) is 0 Å². The maximum atomic E-state index is 12.4. The number of hydrogen-bond acceptors (Lipinski definition) is 4. The van der Waals surface area contributed by atoms with Crippen molar-refractivity contribution >= 4 is 11.6 Å². The summed E-state index contributed by atoms with van der Waals surface area (Å²) in [6, 6.07) is 6.99. The minimum absolute atomic E-state index is 0.0411. The van der Waals surface area contributed by atoms with Crippen LogP contribution in [0.25, 0.3) is 0 Å². The number of amides is 1. The third-order valence-electron chi connectivity index (χ3n) is 4.05. The van der Waals surface area contributed by atoms with Crippen LogP contribution in [0.2, 0.25) is 0 Å². The lowest BCUT2D eigenvalue weighted by atomic mass is 10.1. The maximum absolute atomic E-state index is 12.4. The van der Waals surface area contributed by atoms with Crippen molar-refractivity contribution in [3.63, 3.8) is 0 Å². The molecule has 1 saturated heterocycles. The number of rotatable bonds is 5. The first-order valence-corrected chi connectivity index (χ1v) is 7.80. The minimum atomic E-state index is -4.21. The van der Waals surface area contributed by atoms with Gasteiger partial charge in [-0.25, -0.2) is 0 Å². The average Bonchev–Trinajstić information content (AvgIpc) is 2.54. The number of carbonyl (C=O) groups is 1. The first-order valence-electron chi connectivity index (χ1n) is 7.80. The summed E-state index contributed by atoms with van der Waals surface area (Å²) in [5, 5.41) is 8.93. The molecule has 1 N–H and O–H groups in total. The standard InChI is InChI=1S/C16H22F3N3O2/c1-20(10-11-23)14-4-2-13(3-5-14)15(24)22-8-6-21(7-9-22)12-16(17,18)19/h2-5,23H,6-12H2,1H3. The molecule has 0 bridgehead atoms. The van der Waals surface area contributed by atoms with E-state index in [2.05, 4.69) is 0 Å². The molecule has 5 nitrogen and oxygen atoms in total. The Kier molecular flexibility index (Phi) is 6.06. The van der Waals surface area contributed by atoms with E-state index in [0.29, 0.717) is 25.2 Å². The summed E-state index contributed by atoms with van der Waals surface area (Å²) < 4.78 is 37.1. The summed E-state index contributed by atoms with van der Waals surface area (Å²) in [5.41, 5.74) is 1.40. The second-order valence-electron chi connectivity index (χ2n) is 5.88. The van der Waals surface area contributed by atoms with E-state index < -0.39 is 12.7 Å². The number of benzene rings is 1. The summed E-state index contributed by atoms with van der Waals surface area (Å²) in [5.74, 6) is -0.169. The van der Waals surface area contributed by atoms with Crippen LogP contribution in [0.3, 0.4) is 0 Å². The molecule has 0 unspecified atom stereocenters. The van der Waals surface area contributed by atoms with Gasteiger partial charge in [-0.15, -0.1) is 0 Å². The van der Waals surface area contributed by atoms with Crippen molar-refractivity contribution in [3.05, 3.63) is 29.8 Å². The van der Waals surface area contributed by atoms with E-state index in [1.54, 1.807) is 29.2 Å². The van der Waals surface area contributed by atoms with Crippen LogP contribution < -0.4 is 4.90 Å². The molecule has 1 aromatic carbocycles. The Labute approximate surface area is 139 Å². The Morgan fingerprint density at radius 2 is 1.75 bits per heavy atom. The molecule has 24 heavy (non-hydrogen) atoms. The molecule has 1 aliphatic rings. The molecule has 0 atom stereocenters. The van der Waals surface area contributed by atoms with Crippen molar-refractivity contribution in [2.24, 2.45) is 0 Å². The number of nitrogens with zero attached hydrogens (tertiary/aromatic N) is 3. The molecule has 1 aromatic rings. The van der Waals surface area contributed by atoms with Crippen LogP contribution in [0, 0.1) is 0 Å². The first kappa shape index (κ1) is 18.5. The molecule has 0 aromatic heterocycles. The van der Waals surface area contributed by atoms with Crippen LogP contribution in [0.15, 0.2) is 24.3 Å². The Bertz CT molecular complexity index is 540. The van der Waals surface area contributed by atoms with Crippen LogP contribution in [0.1, 0.15) is 10.4 Å². The third kappa shape index (κ3) is 5.10. The highest BCUT2D eigenvalue weighted by Gasteiger charge is 2.32. The fourth-order valence-corrected chi connectivity index (χ4v) is 2.68.